The molecule has 0 saturated carbocycles. The van der Waals surface area contributed by atoms with E-state index in [0.29, 0.717) is 23.7 Å². The monoisotopic (exact) mass is 326 g/mol. The van der Waals surface area contributed by atoms with E-state index < -0.39 is 0 Å². The maximum absolute atomic E-state index is 12.1. The first kappa shape index (κ1) is 15.2. The van der Waals surface area contributed by atoms with Gasteiger partial charge in [-0.05, 0) is 42.3 Å². The quantitative estimate of drug-likeness (QED) is 0.757. The molecule has 1 amide bonds. The number of pyridine rings is 1. The lowest BCUT2D eigenvalue weighted by Gasteiger charge is -2.03. The lowest BCUT2D eigenvalue weighted by Crippen LogP contribution is -2.26. The molecule has 5 nitrogen and oxygen atoms in total. The third-order valence-corrected chi connectivity index (χ3v) is 3.63. The van der Waals surface area contributed by atoms with Crippen LogP contribution in [0.25, 0.3) is 11.3 Å². The summed E-state index contributed by atoms with van der Waals surface area (Å²) in [4.78, 5) is 16.1. The second-order valence-electron chi connectivity index (χ2n) is 5.04. The number of rotatable bonds is 5. The van der Waals surface area contributed by atoms with Crippen molar-refractivity contribution in [2.45, 2.75) is 6.42 Å². The smallest absolute Gasteiger partial charge is 0.271 e. The molecule has 0 atom stereocenters. The lowest BCUT2D eigenvalue weighted by atomic mass is 10.1. The van der Waals surface area contributed by atoms with Gasteiger partial charge in [0, 0.05) is 29.5 Å². The van der Waals surface area contributed by atoms with Crippen molar-refractivity contribution in [2.75, 3.05) is 6.54 Å². The van der Waals surface area contributed by atoms with Crippen LogP contribution in [0.5, 0.6) is 0 Å². The van der Waals surface area contributed by atoms with Gasteiger partial charge in [0.05, 0.1) is 5.69 Å². The normalized spacial score (nSPS) is 10.5. The Balaban J connectivity index is 1.58. The summed E-state index contributed by atoms with van der Waals surface area (Å²) >= 11 is 5.94. The predicted molar refractivity (Wildman–Crippen MR) is 89.3 cm³/mol. The second-order valence-corrected chi connectivity index (χ2v) is 5.48. The Hall–Kier alpha value is -2.66. The van der Waals surface area contributed by atoms with E-state index >= 15 is 0 Å². The fraction of sp³-hybridized carbons (Fsp3) is 0.118. The zero-order chi connectivity index (χ0) is 16.1. The highest BCUT2D eigenvalue weighted by Gasteiger charge is 2.10. The van der Waals surface area contributed by atoms with Crippen LogP contribution in [0.15, 0.2) is 54.9 Å². The van der Waals surface area contributed by atoms with Gasteiger partial charge in [-0.1, -0.05) is 23.7 Å². The van der Waals surface area contributed by atoms with Gasteiger partial charge in [-0.2, -0.15) is 5.10 Å². The van der Waals surface area contributed by atoms with Gasteiger partial charge in [0.15, 0.2) is 5.69 Å². The van der Waals surface area contributed by atoms with Crippen LogP contribution >= 0.6 is 11.6 Å². The number of aromatic amines is 1. The van der Waals surface area contributed by atoms with Gasteiger partial charge in [-0.15, -0.1) is 0 Å². The first-order valence-corrected chi connectivity index (χ1v) is 7.58. The van der Waals surface area contributed by atoms with Gasteiger partial charge in [0.25, 0.3) is 5.91 Å². The number of H-pyrrole nitrogens is 1. The standard InChI is InChI=1S/C17H15ClN4O/c18-14-3-1-2-12(10-14)4-9-20-17(23)16-11-15(21-22-16)13-5-7-19-8-6-13/h1-3,5-8,10-11H,4,9H2,(H,20,23)(H,21,22). The molecule has 116 valence electrons. The Kier molecular flexibility index (Phi) is 4.68. The van der Waals surface area contributed by atoms with Gasteiger partial charge < -0.3 is 5.32 Å². The highest BCUT2D eigenvalue weighted by Crippen LogP contribution is 2.16. The number of carbonyl (C=O) groups excluding carboxylic acids is 1. The summed E-state index contributed by atoms with van der Waals surface area (Å²) in [6.45, 7) is 0.524. The fourth-order valence-electron chi connectivity index (χ4n) is 2.22. The van der Waals surface area contributed by atoms with E-state index in [4.69, 9.17) is 11.6 Å². The largest absolute Gasteiger partial charge is 0.350 e. The Labute approximate surface area is 138 Å². The topological polar surface area (TPSA) is 70.7 Å². The van der Waals surface area contributed by atoms with Crippen LogP contribution in [0.4, 0.5) is 0 Å². The van der Waals surface area contributed by atoms with E-state index in [9.17, 15) is 4.79 Å². The average molecular weight is 327 g/mol. The van der Waals surface area contributed by atoms with Crippen molar-refractivity contribution < 1.29 is 4.79 Å². The number of nitrogens with one attached hydrogen (secondary N) is 2. The summed E-state index contributed by atoms with van der Waals surface area (Å²) in [5, 5.41) is 10.5. The summed E-state index contributed by atoms with van der Waals surface area (Å²) in [6, 6.07) is 13.0. The molecule has 0 aliphatic carbocycles. The molecule has 0 saturated heterocycles. The van der Waals surface area contributed by atoms with Crippen molar-refractivity contribution in [2.24, 2.45) is 0 Å². The van der Waals surface area contributed by atoms with Crippen molar-refractivity contribution in [3.8, 4) is 11.3 Å². The molecule has 3 rings (SSSR count). The predicted octanol–water partition coefficient (Wildman–Crippen LogP) is 3.10. The van der Waals surface area contributed by atoms with Gasteiger partial charge in [0.2, 0.25) is 0 Å². The van der Waals surface area contributed by atoms with Crippen LogP contribution in [-0.4, -0.2) is 27.6 Å². The third-order valence-electron chi connectivity index (χ3n) is 3.39. The molecular weight excluding hydrogens is 312 g/mol. The zero-order valence-corrected chi connectivity index (χ0v) is 13.0. The molecule has 2 heterocycles. The maximum Gasteiger partial charge on any atom is 0.271 e. The van der Waals surface area contributed by atoms with Crippen LogP contribution in [0, 0.1) is 0 Å². The van der Waals surface area contributed by atoms with Crippen LogP contribution < -0.4 is 5.32 Å². The maximum atomic E-state index is 12.1. The molecule has 0 bridgehead atoms. The van der Waals surface area contributed by atoms with Gasteiger partial charge in [0.1, 0.15) is 0 Å². The molecule has 0 unspecified atom stereocenters. The van der Waals surface area contributed by atoms with E-state index in [0.717, 1.165) is 16.8 Å². The minimum Gasteiger partial charge on any atom is -0.350 e. The first-order valence-electron chi connectivity index (χ1n) is 7.21. The Morgan fingerprint density at radius 1 is 1.17 bits per heavy atom. The van der Waals surface area contributed by atoms with Gasteiger partial charge in [-0.25, -0.2) is 0 Å². The zero-order valence-electron chi connectivity index (χ0n) is 12.3. The van der Waals surface area contributed by atoms with Crippen molar-refractivity contribution in [3.05, 3.63) is 71.1 Å². The Morgan fingerprint density at radius 2 is 2.00 bits per heavy atom. The molecule has 23 heavy (non-hydrogen) atoms. The lowest BCUT2D eigenvalue weighted by molar-refractivity contribution is 0.0949. The molecule has 2 aromatic heterocycles. The van der Waals surface area contributed by atoms with Crippen LogP contribution in [0.2, 0.25) is 5.02 Å². The summed E-state index contributed by atoms with van der Waals surface area (Å²) in [5.74, 6) is -0.205. The minimum absolute atomic E-state index is 0.205. The second kappa shape index (κ2) is 7.07. The number of benzene rings is 1. The number of carbonyl (C=O) groups is 1. The molecule has 3 aromatic rings. The van der Waals surface area contributed by atoms with Crippen LogP contribution in [0.3, 0.4) is 0 Å². The van der Waals surface area contributed by atoms with E-state index in [1.165, 1.54) is 0 Å². The van der Waals surface area contributed by atoms with Crippen molar-refractivity contribution >= 4 is 17.5 Å². The number of halogens is 1. The molecule has 0 fully saturated rings. The fourth-order valence-corrected chi connectivity index (χ4v) is 2.43. The summed E-state index contributed by atoms with van der Waals surface area (Å²) < 4.78 is 0. The molecule has 0 aliphatic rings. The SMILES string of the molecule is O=C(NCCc1cccc(Cl)c1)c1cc(-c2ccncc2)[nH]n1. The summed E-state index contributed by atoms with van der Waals surface area (Å²) in [5.41, 5.74) is 3.16. The highest BCUT2D eigenvalue weighted by atomic mass is 35.5. The van der Waals surface area contributed by atoms with E-state index in [-0.39, 0.29) is 5.91 Å². The summed E-state index contributed by atoms with van der Waals surface area (Å²) in [6.07, 6.45) is 4.11. The number of nitrogens with zero attached hydrogens (tertiary/aromatic N) is 2. The minimum atomic E-state index is -0.205. The van der Waals surface area contributed by atoms with Crippen LogP contribution in [-0.2, 0) is 6.42 Å². The average Bonchev–Trinajstić information content (AvgIpc) is 3.06. The third kappa shape index (κ3) is 3.96. The van der Waals surface area contributed by atoms with Gasteiger partial charge in [-0.3, -0.25) is 14.9 Å². The highest BCUT2D eigenvalue weighted by molar-refractivity contribution is 6.30. The number of hydrogen-bond donors (Lipinski definition) is 2. The van der Waals surface area contributed by atoms with E-state index in [2.05, 4.69) is 20.5 Å². The number of aromatic nitrogens is 3. The first-order chi connectivity index (χ1) is 11.2. The molecule has 0 radical (unpaired) electrons. The van der Waals surface area contributed by atoms with Crippen LogP contribution in [0.1, 0.15) is 16.1 Å². The van der Waals surface area contributed by atoms with E-state index in [1.807, 2.05) is 36.4 Å². The van der Waals surface area contributed by atoms with Crippen molar-refractivity contribution in [1.82, 2.24) is 20.5 Å². The summed E-state index contributed by atoms with van der Waals surface area (Å²) in [7, 11) is 0. The molecule has 2 N–H and O–H groups in total. The number of hydrogen-bond acceptors (Lipinski definition) is 3. The van der Waals surface area contributed by atoms with Crippen molar-refractivity contribution in [1.29, 1.82) is 0 Å². The molecule has 0 spiro atoms. The molecule has 0 aliphatic heterocycles. The Morgan fingerprint density at radius 3 is 2.78 bits per heavy atom. The van der Waals surface area contributed by atoms with Gasteiger partial charge >= 0.3 is 0 Å². The molecular formula is C17H15ClN4O. The van der Waals surface area contributed by atoms with Crippen molar-refractivity contribution in [3.63, 3.8) is 0 Å². The Bertz CT molecular complexity index is 801. The molecule has 1 aromatic carbocycles. The number of amides is 1. The van der Waals surface area contributed by atoms with E-state index in [1.54, 1.807) is 18.5 Å². The molecule has 6 heteroatoms.